The molecule has 4 nitrogen and oxygen atoms in total. The summed E-state index contributed by atoms with van der Waals surface area (Å²) >= 11 is 5.68. The van der Waals surface area contributed by atoms with Gasteiger partial charge < -0.3 is 10.4 Å². The lowest BCUT2D eigenvalue weighted by Crippen LogP contribution is -2.14. The predicted octanol–water partition coefficient (Wildman–Crippen LogP) is 3.38. The van der Waals surface area contributed by atoms with E-state index in [4.69, 9.17) is 16.7 Å². The smallest absolute Gasteiger partial charge is 0.337 e. The average molecular weight is 290 g/mol. The quantitative estimate of drug-likeness (QED) is 0.848. The lowest BCUT2D eigenvalue weighted by atomic mass is 10.1. The fraction of sp³-hybridized carbons (Fsp3) is 0.0667. The number of alkyl halides is 1. The molecular weight excluding hydrogens is 278 g/mol. The highest BCUT2D eigenvalue weighted by Crippen LogP contribution is 2.16. The topological polar surface area (TPSA) is 66.4 Å². The zero-order valence-electron chi connectivity index (χ0n) is 10.5. The van der Waals surface area contributed by atoms with Crippen LogP contribution in [-0.4, -0.2) is 17.0 Å². The van der Waals surface area contributed by atoms with Gasteiger partial charge >= 0.3 is 5.97 Å². The number of aromatic carboxylic acids is 1. The minimum Gasteiger partial charge on any atom is -0.478 e. The van der Waals surface area contributed by atoms with Crippen molar-refractivity contribution in [2.45, 2.75) is 5.88 Å². The molecule has 0 bridgehead atoms. The number of carbonyl (C=O) groups is 2. The molecule has 0 aliphatic heterocycles. The van der Waals surface area contributed by atoms with Gasteiger partial charge in [-0.1, -0.05) is 24.3 Å². The Hall–Kier alpha value is -2.33. The number of halogens is 1. The second-order valence-corrected chi connectivity index (χ2v) is 4.40. The van der Waals surface area contributed by atoms with Crippen LogP contribution >= 0.6 is 11.6 Å². The van der Waals surface area contributed by atoms with Crippen LogP contribution in [-0.2, 0) is 5.88 Å². The van der Waals surface area contributed by atoms with Gasteiger partial charge in [0.2, 0.25) is 0 Å². The molecule has 2 aromatic carbocycles. The largest absolute Gasteiger partial charge is 0.478 e. The minimum absolute atomic E-state index is 0.0539. The third kappa shape index (κ3) is 3.16. The first-order chi connectivity index (χ1) is 9.61. The maximum atomic E-state index is 12.1. The number of rotatable bonds is 4. The molecule has 0 aromatic heterocycles. The van der Waals surface area contributed by atoms with Gasteiger partial charge in [0.1, 0.15) is 0 Å². The van der Waals surface area contributed by atoms with Gasteiger partial charge in [0.05, 0.1) is 11.3 Å². The molecule has 1 amide bonds. The van der Waals surface area contributed by atoms with E-state index in [0.717, 1.165) is 5.56 Å². The van der Waals surface area contributed by atoms with Crippen molar-refractivity contribution >= 4 is 29.2 Å². The highest BCUT2D eigenvalue weighted by molar-refractivity contribution is 6.17. The van der Waals surface area contributed by atoms with Crippen molar-refractivity contribution in [1.29, 1.82) is 0 Å². The molecule has 5 heteroatoms. The van der Waals surface area contributed by atoms with Crippen molar-refractivity contribution in [2.75, 3.05) is 5.32 Å². The first-order valence-electron chi connectivity index (χ1n) is 5.90. The van der Waals surface area contributed by atoms with Gasteiger partial charge in [-0.2, -0.15) is 0 Å². The minimum atomic E-state index is -1.08. The number of carbonyl (C=O) groups excluding carboxylic acids is 1. The first kappa shape index (κ1) is 14.1. The molecule has 0 atom stereocenters. The molecule has 0 saturated carbocycles. The van der Waals surface area contributed by atoms with Gasteiger partial charge in [-0.3, -0.25) is 4.79 Å². The fourth-order valence-corrected chi connectivity index (χ4v) is 1.90. The van der Waals surface area contributed by atoms with Crippen molar-refractivity contribution in [3.05, 3.63) is 65.2 Å². The third-order valence-electron chi connectivity index (χ3n) is 2.78. The Balaban J connectivity index is 2.21. The zero-order chi connectivity index (χ0) is 14.5. The Morgan fingerprint density at radius 3 is 2.30 bits per heavy atom. The summed E-state index contributed by atoms with van der Waals surface area (Å²) in [5, 5.41) is 11.6. The summed E-state index contributed by atoms with van der Waals surface area (Å²) in [6.45, 7) is 0. The average Bonchev–Trinajstić information content (AvgIpc) is 2.47. The zero-order valence-corrected chi connectivity index (χ0v) is 11.2. The molecule has 102 valence electrons. The van der Waals surface area contributed by atoms with Crippen LogP contribution < -0.4 is 5.32 Å². The van der Waals surface area contributed by atoms with E-state index in [1.165, 1.54) is 6.07 Å². The Kier molecular flexibility index (Phi) is 4.38. The molecule has 2 N–H and O–H groups in total. The molecular formula is C15H12ClNO3. The molecule has 0 radical (unpaired) electrons. The van der Waals surface area contributed by atoms with Gasteiger partial charge in [-0.15, -0.1) is 11.6 Å². The number of anilines is 1. The van der Waals surface area contributed by atoms with Gasteiger partial charge in [-0.25, -0.2) is 4.79 Å². The van der Waals surface area contributed by atoms with E-state index >= 15 is 0 Å². The van der Waals surface area contributed by atoms with Crippen molar-refractivity contribution in [2.24, 2.45) is 0 Å². The number of para-hydroxylation sites is 1. The molecule has 20 heavy (non-hydrogen) atoms. The SMILES string of the molecule is O=C(Nc1ccccc1C(=O)O)c1ccc(CCl)cc1. The first-order valence-corrected chi connectivity index (χ1v) is 6.44. The monoisotopic (exact) mass is 289 g/mol. The molecule has 0 aliphatic rings. The van der Waals surface area contributed by atoms with Crippen LogP contribution in [0.25, 0.3) is 0 Å². The molecule has 2 aromatic rings. The maximum Gasteiger partial charge on any atom is 0.337 e. The molecule has 0 saturated heterocycles. The van der Waals surface area contributed by atoms with Crippen molar-refractivity contribution in [3.63, 3.8) is 0 Å². The van der Waals surface area contributed by atoms with Gasteiger partial charge in [0.25, 0.3) is 5.91 Å². The molecule has 0 unspecified atom stereocenters. The molecule has 0 aliphatic carbocycles. The number of hydrogen-bond acceptors (Lipinski definition) is 2. The van der Waals surface area contributed by atoms with Gasteiger partial charge in [0, 0.05) is 11.4 Å². The van der Waals surface area contributed by atoms with Crippen molar-refractivity contribution in [3.8, 4) is 0 Å². The summed E-state index contributed by atoms with van der Waals surface area (Å²) in [6, 6.07) is 13.1. The summed E-state index contributed by atoms with van der Waals surface area (Å²) in [5.41, 5.74) is 1.68. The van der Waals surface area contributed by atoms with Crippen LogP contribution in [0.5, 0.6) is 0 Å². The lowest BCUT2D eigenvalue weighted by molar-refractivity contribution is 0.0698. The van der Waals surface area contributed by atoms with Crippen LogP contribution in [0.4, 0.5) is 5.69 Å². The van der Waals surface area contributed by atoms with E-state index < -0.39 is 5.97 Å². The second-order valence-electron chi connectivity index (χ2n) is 4.14. The highest BCUT2D eigenvalue weighted by atomic mass is 35.5. The van der Waals surface area contributed by atoms with E-state index in [1.54, 1.807) is 42.5 Å². The lowest BCUT2D eigenvalue weighted by Gasteiger charge is -2.08. The predicted molar refractivity (Wildman–Crippen MR) is 77.4 cm³/mol. The van der Waals surface area contributed by atoms with E-state index in [-0.39, 0.29) is 17.2 Å². The summed E-state index contributed by atoms with van der Waals surface area (Å²) in [7, 11) is 0. The van der Waals surface area contributed by atoms with Crippen LogP contribution in [0.15, 0.2) is 48.5 Å². The van der Waals surface area contributed by atoms with Gasteiger partial charge in [0.15, 0.2) is 0 Å². The van der Waals surface area contributed by atoms with Crippen molar-refractivity contribution in [1.82, 2.24) is 0 Å². The normalized spacial score (nSPS) is 10.1. The number of carboxylic acid groups (broad SMARTS) is 1. The van der Waals surface area contributed by atoms with E-state index in [2.05, 4.69) is 5.32 Å². The summed E-state index contributed by atoms with van der Waals surface area (Å²) in [4.78, 5) is 23.1. The van der Waals surface area contributed by atoms with Crippen molar-refractivity contribution < 1.29 is 14.7 Å². The van der Waals surface area contributed by atoms with E-state index in [0.29, 0.717) is 11.4 Å². The summed E-state index contributed by atoms with van der Waals surface area (Å²) in [5.74, 6) is -1.07. The fourth-order valence-electron chi connectivity index (χ4n) is 1.72. The molecule has 0 fully saturated rings. The summed E-state index contributed by atoms with van der Waals surface area (Å²) in [6.07, 6.45) is 0. The third-order valence-corrected chi connectivity index (χ3v) is 3.08. The Morgan fingerprint density at radius 2 is 1.70 bits per heavy atom. The highest BCUT2D eigenvalue weighted by Gasteiger charge is 2.12. The van der Waals surface area contributed by atoms with Gasteiger partial charge in [-0.05, 0) is 29.8 Å². The van der Waals surface area contributed by atoms with Crippen LogP contribution in [0.3, 0.4) is 0 Å². The Bertz CT molecular complexity index is 638. The standard InChI is InChI=1S/C15H12ClNO3/c16-9-10-5-7-11(8-6-10)14(18)17-13-4-2-1-3-12(13)15(19)20/h1-8H,9H2,(H,17,18)(H,19,20). The van der Waals surface area contributed by atoms with Crippen LogP contribution in [0, 0.1) is 0 Å². The number of carboxylic acids is 1. The maximum absolute atomic E-state index is 12.1. The second kappa shape index (κ2) is 6.21. The number of nitrogens with one attached hydrogen (secondary N) is 1. The number of amides is 1. The summed E-state index contributed by atoms with van der Waals surface area (Å²) < 4.78 is 0. The Morgan fingerprint density at radius 1 is 1.05 bits per heavy atom. The van der Waals surface area contributed by atoms with Crippen LogP contribution in [0.2, 0.25) is 0 Å². The van der Waals surface area contributed by atoms with Crippen LogP contribution in [0.1, 0.15) is 26.3 Å². The molecule has 0 heterocycles. The number of hydrogen-bond donors (Lipinski definition) is 2. The Labute approximate surface area is 121 Å². The van der Waals surface area contributed by atoms with E-state index in [1.807, 2.05) is 0 Å². The van der Waals surface area contributed by atoms with E-state index in [9.17, 15) is 9.59 Å². The number of benzene rings is 2. The molecule has 0 spiro atoms. The molecule has 2 rings (SSSR count).